The van der Waals surface area contributed by atoms with Crippen molar-refractivity contribution >= 4 is 29.1 Å². The van der Waals surface area contributed by atoms with Crippen LogP contribution in [0.1, 0.15) is 31.2 Å². The second kappa shape index (κ2) is 9.82. The van der Waals surface area contributed by atoms with Crippen molar-refractivity contribution in [3.05, 3.63) is 119 Å². The minimum Gasteiger partial charge on any atom is -0.463 e. The van der Waals surface area contributed by atoms with Gasteiger partial charge < -0.3 is 9.15 Å². The van der Waals surface area contributed by atoms with E-state index in [-0.39, 0.29) is 17.9 Å². The molecule has 0 bridgehead atoms. The SMILES string of the molecule is CCOC(=O)C1=C(C)N=c2s/c(=C/c3ccc(-c4ccc([N+](=O)[O-])cc4)o3)c(=O)n2[C@@H]1c1ccccc1. The third-order valence-electron chi connectivity index (χ3n) is 5.90. The number of non-ortho nitro benzene ring substituents is 1. The number of rotatable bonds is 6. The minimum absolute atomic E-state index is 0.0120. The van der Waals surface area contributed by atoms with Gasteiger partial charge in [-0.15, -0.1) is 0 Å². The zero-order chi connectivity index (χ0) is 26.1. The summed E-state index contributed by atoms with van der Waals surface area (Å²) in [5, 5.41) is 10.9. The Balaban J connectivity index is 1.59. The first-order chi connectivity index (χ1) is 17.9. The van der Waals surface area contributed by atoms with Gasteiger partial charge in [-0.2, -0.15) is 0 Å². The maximum absolute atomic E-state index is 13.6. The number of carbonyl (C=O) groups excluding carboxylic acids is 1. The number of aromatic nitrogens is 1. The summed E-state index contributed by atoms with van der Waals surface area (Å²) in [5.41, 5.74) is 1.95. The number of allylic oxidation sites excluding steroid dienone is 1. The van der Waals surface area contributed by atoms with Crippen molar-refractivity contribution in [1.29, 1.82) is 0 Å². The van der Waals surface area contributed by atoms with E-state index in [2.05, 4.69) is 4.99 Å². The van der Waals surface area contributed by atoms with Gasteiger partial charge in [-0.05, 0) is 43.7 Å². The molecule has 2 aromatic carbocycles. The zero-order valence-electron chi connectivity index (χ0n) is 19.9. The summed E-state index contributed by atoms with van der Waals surface area (Å²) >= 11 is 1.20. The number of benzene rings is 2. The Hall–Kier alpha value is -4.57. The summed E-state index contributed by atoms with van der Waals surface area (Å²) in [5.74, 6) is 0.443. The third kappa shape index (κ3) is 4.54. The summed E-state index contributed by atoms with van der Waals surface area (Å²) in [6.45, 7) is 3.67. The summed E-state index contributed by atoms with van der Waals surface area (Å²) in [7, 11) is 0. The van der Waals surface area contributed by atoms with Gasteiger partial charge in [0.05, 0.1) is 33.4 Å². The molecule has 0 saturated carbocycles. The van der Waals surface area contributed by atoms with Gasteiger partial charge in [0.25, 0.3) is 11.2 Å². The molecule has 5 rings (SSSR count). The largest absolute Gasteiger partial charge is 0.463 e. The van der Waals surface area contributed by atoms with E-state index < -0.39 is 16.9 Å². The molecule has 3 heterocycles. The van der Waals surface area contributed by atoms with Crippen LogP contribution in [0.5, 0.6) is 0 Å². The lowest BCUT2D eigenvalue weighted by Gasteiger charge is -2.24. The highest BCUT2D eigenvalue weighted by Gasteiger charge is 2.33. The van der Waals surface area contributed by atoms with Crippen molar-refractivity contribution in [1.82, 2.24) is 4.57 Å². The molecule has 186 valence electrons. The number of fused-ring (bicyclic) bond motifs is 1. The van der Waals surface area contributed by atoms with Crippen LogP contribution in [0.3, 0.4) is 0 Å². The molecular formula is C27H21N3O6S. The van der Waals surface area contributed by atoms with Crippen molar-refractivity contribution in [3.8, 4) is 11.3 Å². The number of ether oxygens (including phenoxy) is 1. The average Bonchev–Trinajstić information content (AvgIpc) is 3.48. The number of nitro groups is 1. The van der Waals surface area contributed by atoms with Gasteiger partial charge in [0.2, 0.25) is 0 Å². The molecule has 10 heteroatoms. The maximum atomic E-state index is 13.6. The lowest BCUT2D eigenvalue weighted by atomic mass is 9.96. The van der Waals surface area contributed by atoms with E-state index in [1.54, 1.807) is 44.2 Å². The van der Waals surface area contributed by atoms with E-state index in [4.69, 9.17) is 9.15 Å². The van der Waals surface area contributed by atoms with Crippen LogP contribution in [0.4, 0.5) is 5.69 Å². The monoisotopic (exact) mass is 515 g/mol. The van der Waals surface area contributed by atoms with Crippen LogP contribution in [-0.4, -0.2) is 22.1 Å². The van der Waals surface area contributed by atoms with E-state index in [0.29, 0.717) is 37.7 Å². The Bertz CT molecular complexity index is 1710. The average molecular weight is 516 g/mol. The molecule has 9 nitrogen and oxygen atoms in total. The summed E-state index contributed by atoms with van der Waals surface area (Å²) in [4.78, 5) is 42.0. The van der Waals surface area contributed by atoms with E-state index in [1.807, 2.05) is 30.3 Å². The fraction of sp³-hybridized carbons (Fsp3) is 0.148. The molecule has 0 radical (unpaired) electrons. The fourth-order valence-electron chi connectivity index (χ4n) is 4.20. The predicted molar refractivity (Wildman–Crippen MR) is 138 cm³/mol. The minimum atomic E-state index is -0.675. The molecule has 2 aromatic heterocycles. The van der Waals surface area contributed by atoms with Crippen molar-refractivity contribution in [2.45, 2.75) is 19.9 Å². The molecule has 37 heavy (non-hydrogen) atoms. The Morgan fingerprint density at radius 1 is 1.16 bits per heavy atom. The number of esters is 1. The molecule has 1 aliphatic rings. The molecule has 4 aromatic rings. The molecule has 0 N–H and O–H groups in total. The van der Waals surface area contributed by atoms with Crippen LogP contribution in [0.25, 0.3) is 17.4 Å². The Morgan fingerprint density at radius 3 is 2.57 bits per heavy atom. The van der Waals surface area contributed by atoms with Crippen LogP contribution >= 0.6 is 11.3 Å². The standard InChI is InChI=1S/C27H21N3O6S/c1-3-35-26(32)23-16(2)28-27-29(24(23)18-7-5-4-6-8-18)25(31)22(37-27)15-20-13-14-21(36-20)17-9-11-19(12-10-17)30(33)34/h4-15,24H,3H2,1-2H3/b22-15+/t24-/m1/s1. The Kier molecular flexibility index (Phi) is 6.41. The molecule has 0 spiro atoms. The van der Waals surface area contributed by atoms with Crippen LogP contribution in [-0.2, 0) is 9.53 Å². The topological polar surface area (TPSA) is 117 Å². The first-order valence-corrected chi connectivity index (χ1v) is 12.3. The van der Waals surface area contributed by atoms with E-state index in [1.165, 1.54) is 28.0 Å². The quantitative estimate of drug-likeness (QED) is 0.218. The smallest absolute Gasteiger partial charge is 0.338 e. The van der Waals surface area contributed by atoms with E-state index in [0.717, 1.165) is 5.56 Å². The molecule has 0 fully saturated rings. The molecule has 0 aliphatic carbocycles. The highest BCUT2D eigenvalue weighted by atomic mass is 32.1. The highest BCUT2D eigenvalue weighted by Crippen LogP contribution is 2.30. The Morgan fingerprint density at radius 2 is 1.89 bits per heavy atom. The lowest BCUT2D eigenvalue weighted by Crippen LogP contribution is -2.39. The molecular weight excluding hydrogens is 494 g/mol. The third-order valence-corrected chi connectivity index (χ3v) is 6.88. The molecule has 0 amide bonds. The highest BCUT2D eigenvalue weighted by molar-refractivity contribution is 7.07. The van der Waals surface area contributed by atoms with Gasteiger partial charge >= 0.3 is 5.97 Å². The second-order valence-electron chi connectivity index (χ2n) is 8.22. The van der Waals surface area contributed by atoms with Crippen molar-refractivity contribution in [3.63, 3.8) is 0 Å². The van der Waals surface area contributed by atoms with Crippen molar-refractivity contribution in [2.24, 2.45) is 4.99 Å². The number of hydrogen-bond acceptors (Lipinski definition) is 8. The molecule has 0 saturated heterocycles. The predicted octanol–water partition coefficient (Wildman–Crippen LogP) is 3.97. The van der Waals surface area contributed by atoms with E-state index >= 15 is 0 Å². The second-order valence-corrected chi connectivity index (χ2v) is 9.23. The number of nitro benzene ring substituents is 1. The van der Waals surface area contributed by atoms with Crippen LogP contribution in [0, 0.1) is 10.1 Å². The van der Waals surface area contributed by atoms with Crippen LogP contribution in [0.15, 0.2) is 92.2 Å². The van der Waals surface area contributed by atoms with Crippen molar-refractivity contribution < 1.29 is 18.9 Å². The van der Waals surface area contributed by atoms with Crippen LogP contribution < -0.4 is 14.9 Å². The molecule has 1 atom stereocenters. The first kappa shape index (κ1) is 24.1. The lowest BCUT2D eigenvalue weighted by molar-refractivity contribution is -0.384. The van der Waals surface area contributed by atoms with Gasteiger partial charge in [-0.3, -0.25) is 19.5 Å². The van der Waals surface area contributed by atoms with Gasteiger partial charge in [-0.1, -0.05) is 41.7 Å². The van der Waals surface area contributed by atoms with Crippen LogP contribution in [0.2, 0.25) is 0 Å². The number of thiazole rings is 1. The summed E-state index contributed by atoms with van der Waals surface area (Å²) in [6, 6.07) is 18.1. The molecule has 1 aliphatic heterocycles. The van der Waals surface area contributed by atoms with E-state index in [9.17, 15) is 19.7 Å². The number of nitrogens with zero attached hydrogens (tertiary/aromatic N) is 3. The fourth-order valence-corrected chi connectivity index (χ4v) is 5.23. The normalized spacial score (nSPS) is 15.3. The summed E-state index contributed by atoms with van der Waals surface area (Å²) < 4.78 is 13.1. The zero-order valence-corrected chi connectivity index (χ0v) is 20.7. The van der Waals surface area contributed by atoms with Gasteiger partial charge in [0.15, 0.2) is 4.80 Å². The number of carbonyl (C=O) groups is 1. The van der Waals surface area contributed by atoms with Gasteiger partial charge in [0, 0.05) is 23.8 Å². The van der Waals surface area contributed by atoms with Gasteiger partial charge in [0.1, 0.15) is 11.5 Å². The first-order valence-electron chi connectivity index (χ1n) is 11.5. The summed E-state index contributed by atoms with van der Waals surface area (Å²) in [6.07, 6.45) is 1.63. The Labute approximate surface area is 214 Å². The maximum Gasteiger partial charge on any atom is 0.338 e. The van der Waals surface area contributed by atoms with Gasteiger partial charge in [-0.25, -0.2) is 9.79 Å². The molecule has 0 unspecified atom stereocenters. The number of furan rings is 1. The number of hydrogen-bond donors (Lipinski definition) is 0. The van der Waals surface area contributed by atoms with Crippen molar-refractivity contribution in [2.75, 3.05) is 6.61 Å².